The van der Waals surface area contributed by atoms with Gasteiger partial charge in [0.15, 0.2) is 0 Å². The Balaban J connectivity index is 2.22. The lowest BCUT2D eigenvalue weighted by Crippen LogP contribution is -2.41. The molecule has 9 heteroatoms. The molecule has 122 valence electrons. The molecule has 0 aromatic heterocycles. The average molecular weight is 316 g/mol. The van der Waals surface area contributed by atoms with Crippen LogP contribution in [0, 0.1) is 10.1 Å². The molecular formula is C13H18F2N4O3. The second kappa shape index (κ2) is 8.23. The molecule has 0 aliphatic rings. The molecule has 0 radical (unpaired) electrons. The number of alkyl halides is 2. The van der Waals surface area contributed by atoms with Gasteiger partial charge in [-0.3, -0.25) is 14.9 Å². The number of nitrogens with two attached hydrogens (primary N) is 1. The molecule has 4 N–H and O–H groups in total. The fourth-order valence-corrected chi connectivity index (χ4v) is 1.57. The topological polar surface area (TPSA) is 110 Å². The van der Waals surface area contributed by atoms with Crippen molar-refractivity contribution in [2.45, 2.75) is 18.8 Å². The summed E-state index contributed by atoms with van der Waals surface area (Å²) in [7, 11) is 0. The van der Waals surface area contributed by atoms with Crippen molar-refractivity contribution in [3.63, 3.8) is 0 Å². The third kappa shape index (κ3) is 6.44. The zero-order valence-electron chi connectivity index (χ0n) is 11.9. The number of nitro benzene ring substituents is 1. The molecule has 1 aromatic rings. The van der Waals surface area contributed by atoms with Gasteiger partial charge < -0.3 is 16.4 Å². The van der Waals surface area contributed by atoms with E-state index in [0.717, 1.165) is 0 Å². The van der Waals surface area contributed by atoms with Crippen LogP contribution in [0.2, 0.25) is 0 Å². The van der Waals surface area contributed by atoms with Crippen molar-refractivity contribution >= 4 is 17.3 Å². The summed E-state index contributed by atoms with van der Waals surface area (Å²) in [6.45, 7) is -1.13. The third-order valence-electron chi connectivity index (χ3n) is 2.83. The Morgan fingerprint density at radius 2 is 1.95 bits per heavy atom. The number of anilines is 1. The first kappa shape index (κ1) is 17.8. The molecule has 1 rings (SSSR count). The maximum Gasteiger partial charge on any atom is 0.277 e. The van der Waals surface area contributed by atoms with Gasteiger partial charge in [0.25, 0.3) is 11.6 Å². The number of carbonyl (C=O) groups excluding carboxylic acids is 1. The zero-order valence-corrected chi connectivity index (χ0v) is 11.9. The molecule has 7 nitrogen and oxygen atoms in total. The number of non-ortho nitro benzene ring substituents is 1. The Bertz CT molecular complexity index is 509. The molecule has 0 unspecified atom stereocenters. The van der Waals surface area contributed by atoms with Crippen molar-refractivity contribution in [1.29, 1.82) is 0 Å². The number of hydrogen-bond acceptors (Lipinski definition) is 5. The highest BCUT2D eigenvalue weighted by molar-refractivity contribution is 5.75. The summed E-state index contributed by atoms with van der Waals surface area (Å²) in [5.74, 6) is -3.56. The largest absolute Gasteiger partial charge is 0.385 e. The number of halogens is 2. The normalized spacial score (nSPS) is 11.0. The fraction of sp³-hybridized carbons (Fsp3) is 0.462. The molecule has 1 aromatic carbocycles. The maximum absolute atomic E-state index is 12.8. The smallest absolute Gasteiger partial charge is 0.277 e. The van der Waals surface area contributed by atoms with Gasteiger partial charge in [-0.25, -0.2) is 8.78 Å². The second-order valence-electron chi connectivity index (χ2n) is 4.67. The number of carbonyl (C=O) groups is 1. The summed E-state index contributed by atoms with van der Waals surface area (Å²) in [5, 5.41) is 15.6. The Morgan fingerprint density at radius 1 is 1.32 bits per heavy atom. The van der Waals surface area contributed by atoms with Gasteiger partial charge >= 0.3 is 0 Å². The van der Waals surface area contributed by atoms with Crippen LogP contribution < -0.4 is 16.4 Å². The second-order valence-corrected chi connectivity index (χ2v) is 4.67. The van der Waals surface area contributed by atoms with Gasteiger partial charge in [0.1, 0.15) is 0 Å². The highest BCUT2D eigenvalue weighted by atomic mass is 19.3. The van der Waals surface area contributed by atoms with Crippen LogP contribution in [-0.4, -0.2) is 36.4 Å². The van der Waals surface area contributed by atoms with Gasteiger partial charge in [-0.2, -0.15) is 0 Å². The maximum atomic E-state index is 12.8. The quantitative estimate of drug-likeness (QED) is 0.363. The van der Waals surface area contributed by atoms with Gasteiger partial charge in [0.2, 0.25) is 5.91 Å². The van der Waals surface area contributed by atoms with Crippen LogP contribution in [0.1, 0.15) is 12.8 Å². The van der Waals surface area contributed by atoms with E-state index < -0.39 is 29.8 Å². The summed E-state index contributed by atoms with van der Waals surface area (Å²) >= 11 is 0. The van der Waals surface area contributed by atoms with Gasteiger partial charge in [-0.15, -0.1) is 0 Å². The highest BCUT2D eigenvalue weighted by Gasteiger charge is 2.26. The monoisotopic (exact) mass is 316 g/mol. The number of amides is 1. The summed E-state index contributed by atoms with van der Waals surface area (Å²) in [6, 6.07) is 5.84. The fourth-order valence-electron chi connectivity index (χ4n) is 1.57. The highest BCUT2D eigenvalue weighted by Crippen LogP contribution is 2.15. The Labute approximate surface area is 126 Å². The number of nitrogens with one attached hydrogen (secondary N) is 2. The molecule has 0 atom stereocenters. The average Bonchev–Trinajstić information content (AvgIpc) is 2.50. The third-order valence-corrected chi connectivity index (χ3v) is 2.83. The molecule has 0 bridgehead atoms. The number of rotatable bonds is 9. The van der Waals surface area contributed by atoms with Crippen LogP contribution in [0.3, 0.4) is 0 Å². The van der Waals surface area contributed by atoms with E-state index in [1.54, 1.807) is 12.1 Å². The minimum absolute atomic E-state index is 0.00856. The Morgan fingerprint density at radius 3 is 2.50 bits per heavy atom. The van der Waals surface area contributed by atoms with Crippen molar-refractivity contribution in [3.05, 3.63) is 34.4 Å². The summed E-state index contributed by atoms with van der Waals surface area (Å²) in [5.41, 5.74) is 5.53. The molecule has 0 saturated carbocycles. The molecule has 1 amide bonds. The molecule has 0 spiro atoms. The molecule has 0 fully saturated rings. The van der Waals surface area contributed by atoms with Crippen LogP contribution in [0.4, 0.5) is 20.2 Å². The van der Waals surface area contributed by atoms with E-state index in [2.05, 4.69) is 10.6 Å². The Hall–Kier alpha value is -2.29. The molecule has 0 heterocycles. The van der Waals surface area contributed by atoms with Crippen LogP contribution in [-0.2, 0) is 4.79 Å². The first-order chi connectivity index (χ1) is 10.3. The van der Waals surface area contributed by atoms with Gasteiger partial charge in [-0.1, -0.05) is 0 Å². The van der Waals surface area contributed by atoms with Gasteiger partial charge in [0, 0.05) is 30.8 Å². The van der Waals surface area contributed by atoms with Gasteiger partial charge in [-0.05, 0) is 18.6 Å². The molecule has 22 heavy (non-hydrogen) atoms. The van der Waals surface area contributed by atoms with Crippen molar-refractivity contribution in [2.24, 2.45) is 5.73 Å². The van der Waals surface area contributed by atoms with E-state index in [0.29, 0.717) is 18.7 Å². The van der Waals surface area contributed by atoms with Crippen molar-refractivity contribution in [2.75, 3.05) is 25.0 Å². The molecule has 0 saturated heterocycles. The number of benzene rings is 1. The van der Waals surface area contributed by atoms with E-state index in [9.17, 15) is 23.7 Å². The van der Waals surface area contributed by atoms with E-state index in [4.69, 9.17) is 5.73 Å². The SMILES string of the molecule is NCC(F)(F)CNC(=O)CCCNc1ccc([N+](=O)[O-])cc1. The van der Waals surface area contributed by atoms with Crippen molar-refractivity contribution in [1.82, 2.24) is 5.32 Å². The summed E-state index contributed by atoms with van der Waals surface area (Å²) in [6.07, 6.45) is 0.539. The zero-order chi connectivity index (χ0) is 16.6. The summed E-state index contributed by atoms with van der Waals surface area (Å²) < 4.78 is 25.6. The van der Waals surface area contributed by atoms with Crippen LogP contribution in [0.5, 0.6) is 0 Å². The van der Waals surface area contributed by atoms with Gasteiger partial charge in [0.05, 0.1) is 18.0 Å². The predicted molar refractivity (Wildman–Crippen MR) is 77.8 cm³/mol. The molecule has 0 aliphatic heterocycles. The first-order valence-electron chi connectivity index (χ1n) is 6.67. The minimum Gasteiger partial charge on any atom is -0.385 e. The summed E-state index contributed by atoms with van der Waals surface area (Å²) in [4.78, 5) is 21.3. The van der Waals surface area contributed by atoms with E-state index >= 15 is 0 Å². The van der Waals surface area contributed by atoms with E-state index in [1.807, 2.05) is 0 Å². The number of hydrogen-bond donors (Lipinski definition) is 3. The predicted octanol–water partition coefficient (Wildman–Crippen LogP) is 1.50. The number of nitrogens with zero attached hydrogens (tertiary/aromatic N) is 1. The minimum atomic E-state index is -3.09. The number of nitro groups is 1. The van der Waals surface area contributed by atoms with E-state index in [-0.39, 0.29) is 12.1 Å². The standard InChI is InChI=1S/C13H18F2N4O3/c14-13(15,8-16)9-18-12(20)2-1-7-17-10-3-5-11(6-4-10)19(21)22/h3-6,17H,1-2,7-9,16H2,(H,18,20). The van der Waals surface area contributed by atoms with Crippen molar-refractivity contribution < 1.29 is 18.5 Å². The Kier molecular flexibility index (Phi) is 6.64. The van der Waals surface area contributed by atoms with Crippen molar-refractivity contribution in [3.8, 4) is 0 Å². The first-order valence-corrected chi connectivity index (χ1v) is 6.67. The molecule has 0 aliphatic carbocycles. The van der Waals surface area contributed by atoms with Crippen LogP contribution >= 0.6 is 0 Å². The lowest BCUT2D eigenvalue weighted by atomic mass is 10.2. The van der Waals surface area contributed by atoms with Crippen LogP contribution in [0.25, 0.3) is 0 Å². The molecular weight excluding hydrogens is 298 g/mol. The van der Waals surface area contributed by atoms with E-state index in [1.165, 1.54) is 12.1 Å². The lowest BCUT2D eigenvalue weighted by molar-refractivity contribution is -0.384. The lowest BCUT2D eigenvalue weighted by Gasteiger charge is -2.14. The van der Waals surface area contributed by atoms with Crippen LogP contribution in [0.15, 0.2) is 24.3 Å².